The van der Waals surface area contributed by atoms with E-state index in [1.807, 2.05) is 0 Å². The van der Waals surface area contributed by atoms with Crippen LogP contribution in [0.2, 0.25) is 0 Å². The summed E-state index contributed by atoms with van der Waals surface area (Å²) in [5.74, 6) is -1.76. The predicted molar refractivity (Wildman–Crippen MR) is 105 cm³/mol. The first-order valence-corrected chi connectivity index (χ1v) is 9.10. The maximum absolute atomic E-state index is 13.2. The van der Waals surface area contributed by atoms with E-state index in [-0.39, 0.29) is 30.2 Å². The van der Waals surface area contributed by atoms with Crippen molar-refractivity contribution in [3.63, 3.8) is 0 Å². The molecule has 8 heteroatoms. The molecule has 0 spiro atoms. The van der Waals surface area contributed by atoms with E-state index >= 15 is 0 Å². The van der Waals surface area contributed by atoms with Gasteiger partial charge in [0.05, 0.1) is 19.8 Å². The molecule has 0 saturated heterocycles. The second kappa shape index (κ2) is 9.47. The highest BCUT2D eigenvalue weighted by Crippen LogP contribution is 2.22. The van der Waals surface area contributed by atoms with Crippen LogP contribution in [0.3, 0.4) is 0 Å². The molecule has 1 heterocycles. The Bertz CT molecular complexity index is 905. The molecule has 2 rings (SSSR count). The Balaban J connectivity index is 2.38. The minimum absolute atomic E-state index is 0.173. The molecule has 0 unspecified atom stereocenters. The third kappa shape index (κ3) is 4.71. The van der Waals surface area contributed by atoms with E-state index in [4.69, 9.17) is 9.47 Å². The molecule has 0 radical (unpaired) electrons. The van der Waals surface area contributed by atoms with Crippen LogP contribution in [0.15, 0.2) is 24.3 Å². The number of H-pyrrole nitrogens is 1. The number of aryl methyl sites for hydroxylation is 1. The Hall–Kier alpha value is -3.00. The molecule has 0 aliphatic rings. The number of carbonyl (C=O) groups excluding carboxylic acids is 3. The number of amides is 1. The first-order valence-electron chi connectivity index (χ1n) is 9.10. The van der Waals surface area contributed by atoms with Crippen molar-refractivity contribution in [2.24, 2.45) is 0 Å². The molecule has 0 saturated carbocycles. The fourth-order valence-corrected chi connectivity index (χ4v) is 3.20. The predicted octanol–water partition coefficient (Wildman–Crippen LogP) is 2.92. The topological polar surface area (TPSA) is 88.7 Å². The summed E-state index contributed by atoms with van der Waals surface area (Å²) < 4.78 is 23.0. The molecule has 1 N–H and O–H groups in total. The van der Waals surface area contributed by atoms with Crippen molar-refractivity contribution >= 4 is 17.7 Å². The normalized spacial score (nSPS) is 11.8. The number of hydrogen-bond acceptors (Lipinski definition) is 5. The van der Waals surface area contributed by atoms with Gasteiger partial charge in [0, 0.05) is 30.5 Å². The van der Waals surface area contributed by atoms with Gasteiger partial charge in [-0.3, -0.25) is 9.59 Å². The van der Waals surface area contributed by atoms with Crippen molar-refractivity contribution in [1.29, 1.82) is 0 Å². The van der Waals surface area contributed by atoms with Gasteiger partial charge in [-0.25, -0.2) is 9.18 Å². The van der Waals surface area contributed by atoms with Crippen LogP contribution in [0.4, 0.5) is 4.39 Å². The molecule has 2 aromatic rings. The zero-order valence-corrected chi connectivity index (χ0v) is 17.2. The maximum Gasteiger partial charge on any atom is 0.354 e. The van der Waals surface area contributed by atoms with E-state index in [1.54, 1.807) is 20.8 Å². The number of rotatable bonds is 8. The van der Waals surface area contributed by atoms with Crippen molar-refractivity contribution in [3.8, 4) is 0 Å². The van der Waals surface area contributed by atoms with E-state index in [9.17, 15) is 18.8 Å². The summed E-state index contributed by atoms with van der Waals surface area (Å²) in [6.45, 7) is 5.34. The number of carbonyl (C=O) groups is 3. The SMILES string of the molecule is COCCN(C(=O)c1ccc(F)cc1)[C@@H](C)C(=O)c1c(C)[nH]c(C(=O)OC)c1C. The van der Waals surface area contributed by atoms with Crippen molar-refractivity contribution < 1.29 is 28.2 Å². The summed E-state index contributed by atoms with van der Waals surface area (Å²) in [5, 5.41) is 0. The number of aromatic amines is 1. The number of ether oxygens (including phenoxy) is 2. The zero-order valence-electron chi connectivity index (χ0n) is 17.2. The zero-order chi connectivity index (χ0) is 21.7. The number of nitrogens with one attached hydrogen (secondary N) is 1. The Morgan fingerprint density at radius 1 is 1.14 bits per heavy atom. The quantitative estimate of drug-likeness (QED) is 0.540. The second-order valence-electron chi connectivity index (χ2n) is 6.66. The van der Waals surface area contributed by atoms with Crippen LogP contribution in [0.25, 0.3) is 0 Å². The van der Waals surface area contributed by atoms with E-state index in [0.29, 0.717) is 16.8 Å². The highest BCUT2D eigenvalue weighted by molar-refractivity contribution is 6.07. The van der Waals surface area contributed by atoms with Crippen LogP contribution < -0.4 is 0 Å². The molecule has 0 aliphatic carbocycles. The molecule has 29 heavy (non-hydrogen) atoms. The summed E-state index contributed by atoms with van der Waals surface area (Å²) in [7, 11) is 2.76. The van der Waals surface area contributed by atoms with Crippen LogP contribution in [0.5, 0.6) is 0 Å². The molecule has 0 bridgehead atoms. The standard InChI is InChI=1S/C21H25FN2O5/c1-12-17(13(2)23-18(12)21(27)29-5)19(25)14(3)24(10-11-28-4)20(26)15-6-8-16(22)9-7-15/h6-9,14,23H,10-11H2,1-5H3/t14-/m0/s1. The number of ketones is 1. The molecular weight excluding hydrogens is 379 g/mol. The smallest absolute Gasteiger partial charge is 0.354 e. The first-order chi connectivity index (χ1) is 13.7. The van der Waals surface area contributed by atoms with Gasteiger partial charge in [0.25, 0.3) is 5.91 Å². The number of halogens is 1. The number of nitrogens with zero attached hydrogens (tertiary/aromatic N) is 1. The van der Waals surface area contributed by atoms with Crippen molar-refractivity contribution in [2.75, 3.05) is 27.4 Å². The third-order valence-corrected chi connectivity index (χ3v) is 4.81. The molecule has 1 aromatic carbocycles. The number of hydrogen-bond donors (Lipinski definition) is 1. The lowest BCUT2D eigenvalue weighted by Gasteiger charge is -2.28. The van der Waals surface area contributed by atoms with Gasteiger partial charge in [0.1, 0.15) is 11.5 Å². The number of methoxy groups -OCH3 is 2. The lowest BCUT2D eigenvalue weighted by Crippen LogP contribution is -2.45. The van der Waals surface area contributed by atoms with Gasteiger partial charge in [-0.1, -0.05) is 0 Å². The van der Waals surface area contributed by atoms with Crippen LogP contribution >= 0.6 is 0 Å². The number of esters is 1. The molecule has 0 fully saturated rings. The molecule has 1 atom stereocenters. The summed E-state index contributed by atoms with van der Waals surface area (Å²) in [6, 6.07) is 4.30. The Kier molecular flexibility index (Phi) is 7.28. The summed E-state index contributed by atoms with van der Waals surface area (Å²) in [4.78, 5) is 42.4. The second-order valence-corrected chi connectivity index (χ2v) is 6.66. The summed E-state index contributed by atoms with van der Waals surface area (Å²) in [6.07, 6.45) is 0. The monoisotopic (exact) mass is 404 g/mol. The fraction of sp³-hybridized carbons (Fsp3) is 0.381. The van der Waals surface area contributed by atoms with Gasteiger partial charge < -0.3 is 19.4 Å². The number of Topliss-reactive ketones (excluding diaryl/α,β-unsaturated/α-hetero) is 1. The largest absolute Gasteiger partial charge is 0.464 e. The van der Waals surface area contributed by atoms with Crippen LogP contribution in [-0.4, -0.2) is 61.0 Å². The minimum atomic E-state index is -0.832. The van der Waals surface area contributed by atoms with Crippen molar-refractivity contribution in [2.45, 2.75) is 26.8 Å². The van der Waals surface area contributed by atoms with E-state index in [1.165, 1.54) is 43.4 Å². The van der Waals surface area contributed by atoms with Gasteiger partial charge in [0.2, 0.25) is 0 Å². The molecule has 156 valence electrons. The number of aromatic nitrogens is 1. The number of benzene rings is 1. The molecule has 1 amide bonds. The van der Waals surface area contributed by atoms with Crippen LogP contribution in [-0.2, 0) is 9.47 Å². The fourth-order valence-electron chi connectivity index (χ4n) is 3.20. The summed E-state index contributed by atoms with van der Waals surface area (Å²) >= 11 is 0. The minimum Gasteiger partial charge on any atom is -0.464 e. The Morgan fingerprint density at radius 3 is 2.31 bits per heavy atom. The lowest BCUT2D eigenvalue weighted by atomic mass is 9.99. The van der Waals surface area contributed by atoms with E-state index in [0.717, 1.165) is 0 Å². The molecular formula is C21H25FN2O5. The average molecular weight is 404 g/mol. The lowest BCUT2D eigenvalue weighted by molar-refractivity contribution is 0.0563. The third-order valence-electron chi connectivity index (χ3n) is 4.81. The average Bonchev–Trinajstić information content (AvgIpc) is 3.01. The van der Waals surface area contributed by atoms with Crippen molar-refractivity contribution in [3.05, 3.63) is 58.2 Å². The van der Waals surface area contributed by atoms with Gasteiger partial charge in [0.15, 0.2) is 5.78 Å². The first kappa shape index (κ1) is 22.3. The van der Waals surface area contributed by atoms with Gasteiger partial charge in [-0.15, -0.1) is 0 Å². The van der Waals surface area contributed by atoms with Gasteiger partial charge in [-0.05, 0) is 50.6 Å². The Labute approximate surface area is 168 Å². The van der Waals surface area contributed by atoms with E-state index < -0.39 is 23.7 Å². The summed E-state index contributed by atoms with van der Waals surface area (Å²) in [5.41, 5.74) is 1.79. The van der Waals surface area contributed by atoms with Gasteiger partial charge in [-0.2, -0.15) is 0 Å². The van der Waals surface area contributed by atoms with E-state index in [2.05, 4.69) is 4.98 Å². The van der Waals surface area contributed by atoms with Crippen LogP contribution in [0.1, 0.15) is 49.4 Å². The molecule has 0 aliphatic heterocycles. The maximum atomic E-state index is 13.2. The molecule has 1 aromatic heterocycles. The van der Waals surface area contributed by atoms with Crippen LogP contribution in [0, 0.1) is 19.7 Å². The van der Waals surface area contributed by atoms with Crippen molar-refractivity contribution in [1.82, 2.24) is 9.88 Å². The molecule has 7 nitrogen and oxygen atoms in total. The van der Waals surface area contributed by atoms with Gasteiger partial charge >= 0.3 is 5.97 Å². The Morgan fingerprint density at radius 2 is 1.76 bits per heavy atom. The highest BCUT2D eigenvalue weighted by atomic mass is 19.1. The highest BCUT2D eigenvalue weighted by Gasteiger charge is 2.31.